The van der Waals surface area contributed by atoms with Gasteiger partial charge >= 0.3 is 0 Å². The zero-order valence-corrected chi connectivity index (χ0v) is 11.6. The van der Waals surface area contributed by atoms with Gasteiger partial charge in [-0.15, -0.1) is 0 Å². The average molecular weight is 284 g/mol. The molecule has 2 rings (SSSR count). The van der Waals surface area contributed by atoms with Crippen LogP contribution in [0, 0.1) is 10.1 Å². The third-order valence-electron chi connectivity index (χ3n) is 3.66. The number of nitrogens with zero attached hydrogens (tertiary/aromatic N) is 1. The Morgan fingerprint density at radius 3 is 2.42 bits per heavy atom. The predicted molar refractivity (Wildman–Crippen MR) is 76.8 cm³/mol. The third kappa shape index (κ3) is 3.58. The third-order valence-corrected chi connectivity index (χ3v) is 3.97. The molecule has 0 bridgehead atoms. The summed E-state index contributed by atoms with van der Waals surface area (Å²) in [6.45, 7) is 0. The second kappa shape index (κ2) is 6.21. The molecule has 0 atom stereocenters. The van der Waals surface area contributed by atoms with E-state index in [2.05, 4.69) is 10.6 Å². The van der Waals surface area contributed by atoms with Crippen molar-refractivity contribution in [3.8, 4) is 0 Å². The van der Waals surface area contributed by atoms with Crippen molar-refractivity contribution in [2.24, 2.45) is 0 Å². The topological polar surface area (TPSA) is 67.2 Å². The first-order chi connectivity index (χ1) is 9.10. The molecule has 0 aromatic heterocycles. The number of halogens is 1. The van der Waals surface area contributed by atoms with E-state index in [4.69, 9.17) is 11.6 Å². The van der Waals surface area contributed by atoms with E-state index in [0.717, 1.165) is 31.4 Å². The summed E-state index contributed by atoms with van der Waals surface area (Å²) in [5.74, 6) is 0. The van der Waals surface area contributed by atoms with Crippen molar-refractivity contribution in [2.75, 3.05) is 12.4 Å². The largest absolute Gasteiger partial charge is 0.381 e. The molecule has 1 aliphatic rings. The predicted octanol–water partition coefficient (Wildman–Crippen LogP) is 3.19. The zero-order chi connectivity index (χ0) is 13.8. The Balaban J connectivity index is 1.98. The lowest BCUT2D eigenvalue weighted by Gasteiger charge is -2.29. The Hall–Kier alpha value is -1.33. The Kier molecular flexibility index (Phi) is 4.61. The van der Waals surface area contributed by atoms with Gasteiger partial charge in [0.15, 0.2) is 0 Å². The summed E-state index contributed by atoms with van der Waals surface area (Å²) in [5, 5.41) is 17.7. The Bertz CT molecular complexity index is 459. The minimum absolute atomic E-state index is 0.0226. The molecule has 6 heteroatoms. The van der Waals surface area contributed by atoms with Crippen LogP contribution >= 0.6 is 11.6 Å². The van der Waals surface area contributed by atoms with E-state index in [1.807, 2.05) is 7.05 Å². The number of rotatable bonds is 4. The van der Waals surface area contributed by atoms with E-state index >= 15 is 0 Å². The summed E-state index contributed by atoms with van der Waals surface area (Å²) in [5.41, 5.74) is 0.801. The van der Waals surface area contributed by atoms with E-state index in [1.165, 1.54) is 12.1 Å². The summed E-state index contributed by atoms with van der Waals surface area (Å²) in [4.78, 5) is 10.2. The molecule has 0 radical (unpaired) electrons. The van der Waals surface area contributed by atoms with Crippen molar-refractivity contribution in [2.45, 2.75) is 37.8 Å². The summed E-state index contributed by atoms with van der Waals surface area (Å²) < 4.78 is 0. The first kappa shape index (κ1) is 14.1. The number of nitro groups is 1. The molecule has 2 N–H and O–H groups in total. The maximum absolute atomic E-state index is 10.6. The highest BCUT2D eigenvalue weighted by Gasteiger charge is 2.20. The summed E-state index contributed by atoms with van der Waals surface area (Å²) in [6.07, 6.45) is 4.44. The molecule has 1 saturated carbocycles. The number of benzene rings is 1. The van der Waals surface area contributed by atoms with Crippen LogP contribution in [0.25, 0.3) is 0 Å². The number of hydrogen-bond acceptors (Lipinski definition) is 4. The van der Waals surface area contributed by atoms with Gasteiger partial charge in [0.05, 0.1) is 15.6 Å². The summed E-state index contributed by atoms with van der Waals surface area (Å²) in [6, 6.07) is 5.55. The van der Waals surface area contributed by atoms with Gasteiger partial charge in [-0.1, -0.05) is 11.6 Å². The SMILES string of the molecule is CNC1CCC(Nc2ccc([N+](=O)[O-])cc2Cl)CC1. The second-order valence-electron chi connectivity index (χ2n) is 4.90. The lowest BCUT2D eigenvalue weighted by Crippen LogP contribution is -2.35. The molecule has 104 valence electrons. The van der Waals surface area contributed by atoms with Gasteiger partial charge < -0.3 is 10.6 Å². The van der Waals surface area contributed by atoms with Crippen LogP contribution in [0.1, 0.15) is 25.7 Å². The molecule has 0 amide bonds. The molecule has 1 aromatic rings. The average Bonchev–Trinajstić information content (AvgIpc) is 2.41. The fourth-order valence-electron chi connectivity index (χ4n) is 2.48. The maximum atomic E-state index is 10.6. The van der Waals surface area contributed by atoms with E-state index in [9.17, 15) is 10.1 Å². The van der Waals surface area contributed by atoms with Crippen LogP contribution in [-0.2, 0) is 0 Å². The smallest absolute Gasteiger partial charge is 0.271 e. The van der Waals surface area contributed by atoms with Gasteiger partial charge in [0.1, 0.15) is 0 Å². The second-order valence-corrected chi connectivity index (χ2v) is 5.31. The fourth-order valence-corrected chi connectivity index (χ4v) is 2.71. The standard InChI is InChI=1S/C13H18ClN3O2/c1-15-9-2-4-10(5-3-9)16-13-7-6-11(17(18)19)8-12(13)14/h6-10,15-16H,2-5H2,1H3. The Morgan fingerprint density at radius 2 is 1.89 bits per heavy atom. The molecule has 0 heterocycles. The van der Waals surface area contributed by atoms with Crippen molar-refractivity contribution >= 4 is 23.0 Å². The summed E-state index contributed by atoms with van der Waals surface area (Å²) in [7, 11) is 1.99. The highest BCUT2D eigenvalue weighted by molar-refractivity contribution is 6.33. The lowest BCUT2D eigenvalue weighted by atomic mass is 9.91. The highest BCUT2D eigenvalue weighted by atomic mass is 35.5. The number of hydrogen-bond donors (Lipinski definition) is 2. The van der Waals surface area contributed by atoms with Crippen LogP contribution in [0.15, 0.2) is 18.2 Å². The van der Waals surface area contributed by atoms with Gasteiger partial charge in [-0.05, 0) is 38.8 Å². The molecule has 19 heavy (non-hydrogen) atoms. The van der Waals surface area contributed by atoms with E-state index in [1.54, 1.807) is 6.07 Å². The molecule has 5 nitrogen and oxygen atoms in total. The maximum Gasteiger partial charge on any atom is 0.271 e. The highest BCUT2D eigenvalue weighted by Crippen LogP contribution is 2.29. The minimum Gasteiger partial charge on any atom is -0.381 e. The van der Waals surface area contributed by atoms with Crippen LogP contribution in [0.2, 0.25) is 5.02 Å². The first-order valence-corrected chi connectivity index (χ1v) is 6.85. The van der Waals surface area contributed by atoms with E-state index < -0.39 is 4.92 Å². The molecule has 0 aliphatic heterocycles. The van der Waals surface area contributed by atoms with E-state index in [-0.39, 0.29) is 5.69 Å². The van der Waals surface area contributed by atoms with Gasteiger partial charge in [0.25, 0.3) is 5.69 Å². The number of non-ortho nitro benzene ring substituents is 1. The fraction of sp³-hybridized carbons (Fsp3) is 0.538. The zero-order valence-electron chi connectivity index (χ0n) is 10.9. The number of nitrogens with one attached hydrogen (secondary N) is 2. The van der Waals surface area contributed by atoms with Crippen LogP contribution < -0.4 is 10.6 Å². The number of nitro benzene ring substituents is 1. The van der Waals surface area contributed by atoms with E-state index in [0.29, 0.717) is 17.1 Å². The number of anilines is 1. The van der Waals surface area contributed by atoms with Crippen molar-refractivity contribution in [3.05, 3.63) is 33.3 Å². The van der Waals surface area contributed by atoms with Gasteiger partial charge in [-0.25, -0.2) is 0 Å². The molecular formula is C13H18ClN3O2. The lowest BCUT2D eigenvalue weighted by molar-refractivity contribution is -0.384. The first-order valence-electron chi connectivity index (χ1n) is 6.48. The van der Waals surface area contributed by atoms with Crippen LogP contribution in [-0.4, -0.2) is 24.1 Å². The monoisotopic (exact) mass is 283 g/mol. The molecule has 0 spiro atoms. The van der Waals surface area contributed by atoms with Crippen molar-refractivity contribution in [1.82, 2.24) is 5.32 Å². The summed E-state index contributed by atoms with van der Waals surface area (Å²) >= 11 is 6.07. The molecule has 0 saturated heterocycles. The van der Waals surface area contributed by atoms with Gasteiger partial charge in [-0.2, -0.15) is 0 Å². The molecule has 1 aromatic carbocycles. The van der Waals surface area contributed by atoms with Crippen molar-refractivity contribution < 1.29 is 4.92 Å². The Morgan fingerprint density at radius 1 is 1.26 bits per heavy atom. The van der Waals surface area contributed by atoms with Gasteiger partial charge in [0, 0.05) is 24.2 Å². The quantitative estimate of drug-likeness (QED) is 0.658. The molecule has 1 aliphatic carbocycles. The molecular weight excluding hydrogens is 266 g/mol. The molecule has 1 fully saturated rings. The van der Waals surface area contributed by atoms with Crippen molar-refractivity contribution in [3.63, 3.8) is 0 Å². The van der Waals surface area contributed by atoms with Crippen LogP contribution in [0.4, 0.5) is 11.4 Å². The molecule has 0 unspecified atom stereocenters. The van der Waals surface area contributed by atoms with Crippen LogP contribution in [0.3, 0.4) is 0 Å². The minimum atomic E-state index is -0.437. The van der Waals surface area contributed by atoms with Crippen LogP contribution in [0.5, 0.6) is 0 Å². The van der Waals surface area contributed by atoms with Gasteiger partial charge in [0.2, 0.25) is 0 Å². The van der Waals surface area contributed by atoms with Crippen molar-refractivity contribution in [1.29, 1.82) is 0 Å². The Labute approximate surface area is 117 Å². The van der Waals surface area contributed by atoms with Gasteiger partial charge in [-0.3, -0.25) is 10.1 Å². The normalized spacial score (nSPS) is 23.1.